The molecule has 0 bridgehead atoms. The number of hydrogen-bond acceptors (Lipinski definition) is 4. The molecule has 1 heterocycles. The average Bonchev–Trinajstić information content (AvgIpc) is 2.69. The minimum Gasteiger partial charge on any atom is -0.377 e. The van der Waals surface area contributed by atoms with Crippen LogP contribution in [0.2, 0.25) is 0 Å². The first kappa shape index (κ1) is 22.7. The molecule has 1 aromatic carbocycles. The van der Waals surface area contributed by atoms with E-state index < -0.39 is 0 Å². The summed E-state index contributed by atoms with van der Waals surface area (Å²) in [5.41, 5.74) is 2.54. The average molecular weight is 391 g/mol. The van der Waals surface area contributed by atoms with Crippen molar-refractivity contribution in [3.63, 3.8) is 0 Å². The first-order valence-electron chi connectivity index (χ1n) is 10.5. The molecule has 2 atom stereocenters. The van der Waals surface area contributed by atoms with E-state index in [2.05, 4.69) is 67.3 Å². The van der Waals surface area contributed by atoms with Crippen molar-refractivity contribution in [2.75, 3.05) is 60.0 Å². The van der Waals surface area contributed by atoms with Gasteiger partial charge in [0.1, 0.15) is 6.10 Å². The van der Waals surface area contributed by atoms with E-state index in [0.717, 1.165) is 45.2 Å². The van der Waals surface area contributed by atoms with Gasteiger partial charge in [0.15, 0.2) is 5.96 Å². The summed E-state index contributed by atoms with van der Waals surface area (Å²) in [6.45, 7) is 11.9. The van der Waals surface area contributed by atoms with E-state index in [1.165, 1.54) is 11.1 Å². The summed E-state index contributed by atoms with van der Waals surface area (Å²) in [5.74, 6) is 0.957. The maximum absolute atomic E-state index is 6.08. The summed E-state index contributed by atoms with van der Waals surface area (Å²) in [5, 5.41) is 3.46. The number of nitrogens with one attached hydrogen (secondary N) is 1. The van der Waals surface area contributed by atoms with E-state index in [4.69, 9.17) is 14.5 Å². The molecular formula is C22H38N4O2. The van der Waals surface area contributed by atoms with Gasteiger partial charge in [0.05, 0.1) is 25.8 Å². The van der Waals surface area contributed by atoms with E-state index >= 15 is 0 Å². The molecule has 1 fully saturated rings. The highest BCUT2D eigenvalue weighted by atomic mass is 16.5. The van der Waals surface area contributed by atoms with Crippen LogP contribution in [0.25, 0.3) is 0 Å². The normalized spacial score (nSPS) is 19.1. The summed E-state index contributed by atoms with van der Waals surface area (Å²) in [6.07, 6.45) is 1.21. The van der Waals surface area contributed by atoms with Crippen LogP contribution < -0.4 is 5.32 Å². The SMILES string of the molecule is CCNC(=NCC(CCN(C)C)OCC)N1CCOC(c2ccccc2C)C1. The van der Waals surface area contributed by atoms with Crippen molar-refractivity contribution in [1.82, 2.24) is 15.1 Å². The predicted molar refractivity (Wildman–Crippen MR) is 116 cm³/mol. The maximum atomic E-state index is 6.08. The van der Waals surface area contributed by atoms with Crippen molar-refractivity contribution in [3.05, 3.63) is 35.4 Å². The molecule has 0 spiro atoms. The topological polar surface area (TPSA) is 49.3 Å². The van der Waals surface area contributed by atoms with Gasteiger partial charge in [-0.25, -0.2) is 0 Å². The molecule has 2 rings (SSSR count). The first-order valence-corrected chi connectivity index (χ1v) is 10.5. The van der Waals surface area contributed by atoms with Crippen molar-refractivity contribution in [2.45, 2.75) is 39.4 Å². The van der Waals surface area contributed by atoms with Crippen molar-refractivity contribution in [1.29, 1.82) is 0 Å². The highest BCUT2D eigenvalue weighted by Gasteiger charge is 2.25. The molecule has 1 aliphatic rings. The van der Waals surface area contributed by atoms with Crippen molar-refractivity contribution in [3.8, 4) is 0 Å². The van der Waals surface area contributed by atoms with Crippen LogP contribution in [0.4, 0.5) is 0 Å². The first-order chi connectivity index (χ1) is 13.5. The fourth-order valence-corrected chi connectivity index (χ4v) is 3.46. The van der Waals surface area contributed by atoms with Gasteiger partial charge < -0.3 is 24.6 Å². The zero-order valence-corrected chi connectivity index (χ0v) is 18.3. The van der Waals surface area contributed by atoms with Crippen LogP contribution in [0.15, 0.2) is 29.3 Å². The Labute approximate surface area is 170 Å². The predicted octanol–water partition coefficient (Wildman–Crippen LogP) is 2.69. The number of morpholine rings is 1. The molecule has 158 valence electrons. The molecule has 0 aromatic heterocycles. The number of aliphatic imine (C=N–C) groups is 1. The lowest BCUT2D eigenvalue weighted by Crippen LogP contribution is -2.48. The van der Waals surface area contributed by atoms with Crippen LogP contribution in [-0.4, -0.2) is 81.9 Å². The Hall–Kier alpha value is -1.63. The molecule has 6 heteroatoms. The lowest BCUT2D eigenvalue weighted by Gasteiger charge is -2.36. The summed E-state index contributed by atoms with van der Waals surface area (Å²) in [4.78, 5) is 9.43. The summed E-state index contributed by atoms with van der Waals surface area (Å²) in [7, 11) is 4.19. The minimum absolute atomic E-state index is 0.0789. The zero-order valence-electron chi connectivity index (χ0n) is 18.3. The smallest absolute Gasteiger partial charge is 0.194 e. The van der Waals surface area contributed by atoms with Crippen LogP contribution in [0.1, 0.15) is 37.5 Å². The highest BCUT2D eigenvalue weighted by Crippen LogP contribution is 2.25. The van der Waals surface area contributed by atoms with Gasteiger partial charge in [0.25, 0.3) is 0 Å². The summed E-state index contributed by atoms with van der Waals surface area (Å²) < 4.78 is 12.0. The Bertz CT molecular complexity index is 606. The lowest BCUT2D eigenvalue weighted by atomic mass is 10.0. The standard InChI is InChI=1S/C22H38N4O2/c1-6-23-22(24-16-19(27-7-2)12-13-25(4)5)26-14-15-28-21(17-26)20-11-9-8-10-18(20)3/h8-11,19,21H,6-7,12-17H2,1-5H3,(H,23,24). The quantitative estimate of drug-likeness (QED) is 0.519. The molecule has 0 radical (unpaired) electrons. The van der Waals surface area contributed by atoms with Gasteiger partial charge in [-0.1, -0.05) is 24.3 Å². The van der Waals surface area contributed by atoms with E-state index in [-0.39, 0.29) is 12.2 Å². The number of benzene rings is 1. The van der Waals surface area contributed by atoms with Gasteiger partial charge >= 0.3 is 0 Å². The molecule has 1 aliphatic heterocycles. The number of nitrogens with zero attached hydrogens (tertiary/aromatic N) is 3. The number of aryl methyl sites for hydroxylation is 1. The molecule has 0 saturated carbocycles. The second-order valence-corrected chi connectivity index (χ2v) is 7.53. The minimum atomic E-state index is 0.0789. The molecule has 6 nitrogen and oxygen atoms in total. The summed E-state index contributed by atoms with van der Waals surface area (Å²) >= 11 is 0. The monoisotopic (exact) mass is 390 g/mol. The molecule has 0 amide bonds. The molecule has 28 heavy (non-hydrogen) atoms. The molecule has 1 aromatic rings. The Morgan fingerprint density at radius 3 is 2.82 bits per heavy atom. The van der Waals surface area contributed by atoms with E-state index in [1.807, 2.05) is 6.92 Å². The third kappa shape index (κ3) is 7.08. The number of rotatable bonds is 9. The van der Waals surface area contributed by atoms with Gasteiger partial charge in [-0.05, 0) is 52.4 Å². The van der Waals surface area contributed by atoms with Crippen LogP contribution in [0.5, 0.6) is 0 Å². The molecule has 1 N–H and O–H groups in total. The fourth-order valence-electron chi connectivity index (χ4n) is 3.46. The van der Waals surface area contributed by atoms with Crippen molar-refractivity contribution in [2.24, 2.45) is 4.99 Å². The lowest BCUT2D eigenvalue weighted by molar-refractivity contribution is -0.00852. The molecule has 0 aliphatic carbocycles. The Morgan fingerprint density at radius 2 is 2.14 bits per heavy atom. The Balaban J connectivity index is 2.06. The van der Waals surface area contributed by atoms with Crippen LogP contribution in [0.3, 0.4) is 0 Å². The Morgan fingerprint density at radius 1 is 1.36 bits per heavy atom. The van der Waals surface area contributed by atoms with Gasteiger partial charge in [-0.15, -0.1) is 0 Å². The molecule has 1 saturated heterocycles. The van der Waals surface area contributed by atoms with Gasteiger partial charge in [-0.3, -0.25) is 4.99 Å². The van der Waals surface area contributed by atoms with Crippen LogP contribution in [0, 0.1) is 6.92 Å². The maximum Gasteiger partial charge on any atom is 0.194 e. The number of hydrogen-bond donors (Lipinski definition) is 1. The van der Waals surface area contributed by atoms with E-state index in [1.54, 1.807) is 0 Å². The molecule has 2 unspecified atom stereocenters. The second kappa shape index (κ2) is 12.0. The molecular weight excluding hydrogens is 352 g/mol. The van der Waals surface area contributed by atoms with Gasteiger partial charge in [0.2, 0.25) is 0 Å². The number of ether oxygens (including phenoxy) is 2. The van der Waals surface area contributed by atoms with Gasteiger partial charge in [-0.2, -0.15) is 0 Å². The third-order valence-corrected chi connectivity index (χ3v) is 4.98. The Kier molecular flexibility index (Phi) is 9.75. The summed E-state index contributed by atoms with van der Waals surface area (Å²) in [6, 6.07) is 8.47. The third-order valence-electron chi connectivity index (χ3n) is 4.98. The largest absolute Gasteiger partial charge is 0.377 e. The highest BCUT2D eigenvalue weighted by molar-refractivity contribution is 5.80. The van der Waals surface area contributed by atoms with Crippen molar-refractivity contribution < 1.29 is 9.47 Å². The van der Waals surface area contributed by atoms with Gasteiger partial charge in [0, 0.05) is 26.2 Å². The van der Waals surface area contributed by atoms with Crippen LogP contribution in [-0.2, 0) is 9.47 Å². The number of guanidine groups is 1. The second-order valence-electron chi connectivity index (χ2n) is 7.53. The van der Waals surface area contributed by atoms with Crippen LogP contribution >= 0.6 is 0 Å². The zero-order chi connectivity index (χ0) is 20.4. The van der Waals surface area contributed by atoms with Crippen molar-refractivity contribution >= 4 is 5.96 Å². The van der Waals surface area contributed by atoms with E-state index in [9.17, 15) is 0 Å². The fraction of sp³-hybridized carbons (Fsp3) is 0.682. The van der Waals surface area contributed by atoms with E-state index in [0.29, 0.717) is 13.2 Å².